The second-order valence-electron chi connectivity index (χ2n) is 3.56. The van der Waals surface area contributed by atoms with Crippen molar-refractivity contribution in [3.8, 4) is 0 Å². The molecule has 1 aliphatic heterocycles. The van der Waals surface area contributed by atoms with E-state index in [9.17, 15) is 0 Å². The number of nitrogens with zero attached hydrogens (tertiary/aromatic N) is 1. The van der Waals surface area contributed by atoms with E-state index in [-0.39, 0.29) is 0 Å². The molecule has 0 amide bonds. The molecule has 0 saturated heterocycles. The quantitative estimate of drug-likeness (QED) is 0.803. The van der Waals surface area contributed by atoms with Crippen molar-refractivity contribution in [2.45, 2.75) is 19.4 Å². The molecule has 3 heteroatoms. The van der Waals surface area contributed by atoms with E-state index in [4.69, 9.17) is 5.73 Å². The highest BCUT2D eigenvalue weighted by molar-refractivity contribution is 8.14. The summed E-state index contributed by atoms with van der Waals surface area (Å²) in [7, 11) is 0. The largest absolute Gasteiger partial charge is 0.379 e. The van der Waals surface area contributed by atoms with Crippen molar-refractivity contribution in [2.75, 3.05) is 5.75 Å². The maximum Gasteiger partial charge on any atom is 0.154 e. The van der Waals surface area contributed by atoms with Crippen molar-refractivity contribution >= 4 is 16.9 Å². The molecule has 0 aliphatic carbocycles. The fourth-order valence-electron chi connectivity index (χ4n) is 1.63. The fraction of sp³-hybridized carbons (Fsp3) is 0.364. The minimum atomic E-state index is 0.376. The van der Waals surface area contributed by atoms with E-state index < -0.39 is 0 Å². The highest BCUT2D eigenvalue weighted by Crippen LogP contribution is 2.20. The summed E-state index contributed by atoms with van der Waals surface area (Å²) in [6.45, 7) is 2.14. The lowest BCUT2D eigenvalue weighted by atomic mass is 10.0. The van der Waals surface area contributed by atoms with Gasteiger partial charge >= 0.3 is 0 Å². The molecule has 0 aromatic heterocycles. The molecule has 0 fully saturated rings. The number of nitrogens with two attached hydrogens (primary N) is 1. The third kappa shape index (κ3) is 2.10. The minimum absolute atomic E-state index is 0.376. The molecule has 1 unspecified atom stereocenters. The summed E-state index contributed by atoms with van der Waals surface area (Å²) in [5.74, 6) is 1.03. The number of benzene rings is 1. The molecule has 0 saturated carbocycles. The van der Waals surface area contributed by atoms with Crippen LogP contribution in [0.1, 0.15) is 11.1 Å². The van der Waals surface area contributed by atoms with Crippen LogP contribution < -0.4 is 5.73 Å². The first-order chi connectivity index (χ1) is 6.75. The summed E-state index contributed by atoms with van der Waals surface area (Å²) in [4.78, 5) is 4.38. The second-order valence-corrected chi connectivity index (χ2v) is 4.60. The maximum atomic E-state index is 5.63. The van der Waals surface area contributed by atoms with Crippen LogP contribution in [-0.2, 0) is 6.42 Å². The first kappa shape index (κ1) is 9.59. The number of hydrogen-bond acceptors (Lipinski definition) is 3. The molecule has 1 aromatic carbocycles. The zero-order valence-corrected chi connectivity index (χ0v) is 9.05. The van der Waals surface area contributed by atoms with Crippen LogP contribution in [0.5, 0.6) is 0 Å². The van der Waals surface area contributed by atoms with Gasteiger partial charge in [0.2, 0.25) is 0 Å². The lowest BCUT2D eigenvalue weighted by Gasteiger charge is -2.08. The van der Waals surface area contributed by atoms with Crippen LogP contribution in [0.3, 0.4) is 0 Å². The summed E-state index contributed by atoms with van der Waals surface area (Å²) in [6.07, 6.45) is 1.01. The van der Waals surface area contributed by atoms with Gasteiger partial charge in [0.05, 0.1) is 6.04 Å². The topological polar surface area (TPSA) is 38.4 Å². The van der Waals surface area contributed by atoms with Crippen molar-refractivity contribution in [3.63, 3.8) is 0 Å². The van der Waals surface area contributed by atoms with E-state index in [1.165, 1.54) is 11.1 Å². The molecule has 14 heavy (non-hydrogen) atoms. The monoisotopic (exact) mass is 206 g/mol. The van der Waals surface area contributed by atoms with Crippen molar-refractivity contribution in [2.24, 2.45) is 10.7 Å². The molecule has 0 radical (unpaired) electrons. The molecule has 0 spiro atoms. The fourth-order valence-corrected chi connectivity index (χ4v) is 2.41. The van der Waals surface area contributed by atoms with E-state index in [1.54, 1.807) is 11.8 Å². The van der Waals surface area contributed by atoms with Gasteiger partial charge < -0.3 is 5.73 Å². The third-order valence-electron chi connectivity index (χ3n) is 2.45. The van der Waals surface area contributed by atoms with Gasteiger partial charge in [-0.1, -0.05) is 36.0 Å². The molecule has 2 N–H and O–H groups in total. The number of aliphatic imine (C=N–C) groups is 1. The summed E-state index contributed by atoms with van der Waals surface area (Å²) in [5, 5.41) is 0.739. The Bertz CT molecular complexity index is 360. The van der Waals surface area contributed by atoms with Gasteiger partial charge in [-0.2, -0.15) is 0 Å². The molecule has 0 bridgehead atoms. The number of thioether (sulfide) groups is 1. The number of amidine groups is 1. The standard InChI is InChI=1S/C11H14N2S/c1-8-4-2-3-5-9(8)6-10-7-14-11(12)13-10/h2-5,10H,6-7H2,1H3,(H2,12,13). The zero-order chi connectivity index (χ0) is 9.97. The highest BCUT2D eigenvalue weighted by Gasteiger charge is 2.16. The van der Waals surface area contributed by atoms with E-state index in [0.717, 1.165) is 17.3 Å². The second kappa shape index (κ2) is 4.05. The van der Waals surface area contributed by atoms with Gasteiger partial charge in [0.1, 0.15) is 0 Å². The Morgan fingerprint density at radius 1 is 1.50 bits per heavy atom. The van der Waals surface area contributed by atoms with Crippen LogP contribution in [0.2, 0.25) is 0 Å². The Hall–Kier alpha value is -0.960. The predicted octanol–water partition coefficient (Wildman–Crippen LogP) is 1.97. The highest BCUT2D eigenvalue weighted by atomic mass is 32.2. The van der Waals surface area contributed by atoms with Gasteiger partial charge in [0.25, 0.3) is 0 Å². The molecule has 2 rings (SSSR count). The Kier molecular flexibility index (Phi) is 2.77. The van der Waals surface area contributed by atoms with Crippen LogP contribution in [0.15, 0.2) is 29.3 Å². The van der Waals surface area contributed by atoms with Crippen molar-refractivity contribution in [1.82, 2.24) is 0 Å². The molecular weight excluding hydrogens is 192 g/mol. The van der Waals surface area contributed by atoms with Crippen molar-refractivity contribution in [1.29, 1.82) is 0 Å². The van der Waals surface area contributed by atoms with Crippen LogP contribution in [0, 0.1) is 6.92 Å². The Morgan fingerprint density at radius 2 is 2.29 bits per heavy atom. The molecule has 1 aliphatic rings. The van der Waals surface area contributed by atoms with Gasteiger partial charge in [0, 0.05) is 5.75 Å². The van der Waals surface area contributed by atoms with Gasteiger partial charge in [0.15, 0.2) is 5.17 Å². The Morgan fingerprint density at radius 3 is 2.93 bits per heavy atom. The van der Waals surface area contributed by atoms with Gasteiger partial charge in [-0.05, 0) is 24.5 Å². The Labute approximate surface area is 88.6 Å². The van der Waals surface area contributed by atoms with Gasteiger partial charge in [-0.25, -0.2) is 0 Å². The minimum Gasteiger partial charge on any atom is -0.379 e. The average molecular weight is 206 g/mol. The lowest BCUT2D eigenvalue weighted by molar-refractivity contribution is 0.758. The molecule has 74 valence electrons. The van der Waals surface area contributed by atoms with Crippen LogP contribution in [-0.4, -0.2) is 17.0 Å². The summed E-state index contributed by atoms with van der Waals surface area (Å²) in [6, 6.07) is 8.84. The molecule has 1 aromatic rings. The molecule has 1 atom stereocenters. The van der Waals surface area contributed by atoms with E-state index >= 15 is 0 Å². The SMILES string of the molecule is Cc1ccccc1CC1CSC(N)=N1. The number of hydrogen-bond donors (Lipinski definition) is 1. The molecule has 1 heterocycles. The molecule has 2 nitrogen and oxygen atoms in total. The summed E-state index contributed by atoms with van der Waals surface area (Å²) < 4.78 is 0. The van der Waals surface area contributed by atoms with Crippen molar-refractivity contribution in [3.05, 3.63) is 35.4 Å². The van der Waals surface area contributed by atoms with E-state index in [2.05, 4.69) is 36.2 Å². The normalized spacial score (nSPS) is 20.9. The third-order valence-corrected chi connectivity index (χ3v) is 3.40. The predicted molar refractivity (Wildman–Crippen MR) is 62.8 cm³/mol. The smallest absolute Gasteiger partial charge is 0.154 e. The van der Waals surface area contributed by atoms with Crippen LogP contribution in [0.25, 0.3) is 0 Å². The zero-order valence-electron chi connectivity index (χ0n) is 8.23. The van der Waals surface area contributed by atoms with Gasteiger partial charge in [-0.15, -0.1) is 0 Å². The first-order valence-corrected chi connectivity index (χ1v) is 5.75. The van der Waals surface area contributed by atoms with Crippen molar-refractivity contribution < 1.29 is 0 Å². The maximum absolute atomic E-state index is 5.63. The van der Waals surface area contributed by atoms with Crippen LogP contribution in [0.4, 0.5) is 0 Å². The molecular formula is C11H14N2S. The number of rotatable bonds is 2. The Balaban J connectivity index is 2.08. The first-order valence-electron chi connectivity index (χ1n) is 4.76. The number of aryl methyl sites for hydroxylation is 1. The van der Waals surface area contributed by atoms with Gasteiger partial charge in [-0.3, -0.25) is 4.99 Å². The summed E-state index contributed by atoms with van der Waals surface area (Å²) in [5.41, 5.74) is 8.36. The lowest BCUT2D eigenvalue weighted by Crippen LogP contribution is -2.09. The van der Waals surface area contributed by atoms with Crippen LogP contribution >= 0.6 is 11.8 Å². The van der Waals surface area contributed by atoms with E-state index in [0.29, 0.717) is 6.04 Å². The van der Waals surface area contributed by atoms with E-state index in [1.807, 2.05) is 0 Å². The average Bonchev–Trinajstić information content (AvgIpc) is 2.56. The summed E-state index contributed by atoms with van der Waals surface area (Å²) >= 11 is 1.66.